The Labute approximate surface area is 232 Å². The monoisotopic (exact) mass is 568 g/mol. The van der Waals surface area contributed by atoms with Gasteiger partial charge in [-0.1, -0.05) is 59.1 Å². The van der Waals surface area contributed by atoms with E-state index in [1.165, 1.54) is 18.3 Å². The first kappa shape index (κ1) is 27.4. The predicted molar refractivity (Wildman–Crippen MR) is 153 cm³/mol. The maximum atomic E-state index is 13.4. The fourth-order valence-electron chi connectivity index (χ4n) is 4.07. The minimum atomic E-state index is -3.99. The first-order chi connectivity index (χ1) is 18.1. The highest BCUT2D eigenvalue weighted by Gasteiger charge is 2.27. The fourth-order valence-corrected chi connectivity index (χ4v) is 6.03. The summed E-state index contributed by atoms with van der Waals surface area (Å²) in [6, 6.07) is 22.1. The molecule has 0 radical (unpaired) electrons. The lowest BCUT2D eigenvalue weighted by Gasteiger charge is -2.23. The van der Waals surface area contributed by atoms with Crippen LogP contribution in [0.2, 0.25) is 10.0 Å². The number of halogens is 2. The Balaban J connectivity index is 1.55. The number of hydrogen-bond acceptors (Lipinski definition) is 4. The van der Waals surface area contributed by atoms with Crippen LogP contribution >= 0.6 is 23.2 Å². The highest BCUT2D eigenvalue weighted by atomic mass is 35.5. The molecule has 0 saturated heterocycles. The molecular formula is C28H26Cl2N4O3S. The lowest BCUT2D eigenvalue weighted by atomic mass is 10.2. The molecule has 4 aromatic rings. The summed E-state index contributed by atoms with van der Waals surface area (Å²) in [5.74, 6) is -0.586. The van der Waals surface area contributed by atoms with Gasteiger partial charge in [-0.15, -0.1) is 0 Å². The van der Waals surface area contributed by atoms with Gasteiger partial charge in [0.2, 0.25) is 0 Å². The number of benzene rings is 3. The zero-order valence-corrected chi connectivity index (χ0v) is 23.3. The molecule has 0 unspecified atom stereocenters. The van der Waals surface area contributed by atoms with Crippen LogP contribution in [0.25, 0.3) is 5.69 Å². The zero-order chi connectivity index (χ0) is 27.4. The minimum Gasteiger partial charge on any atom is -0.318 e. The highest BCUT2D eigenvalue weighted by Crippen LogP contribution is 2.26. The van der Waals surface area contributed by atoms with Crippen molar-refractivity contribution >= 4 is 51.0 Å². The molecule has 1 N–H and O–H groups in total. The van der Waals surface area contributed by atoms with Crippen molar-refractivity contribution in [3.05, 3.63) is 111 Å². The molecule has 0 atom stereocenters. The molecule has 0 bridgehead atoms. The number of anilines is 1. The second-order valence-electron chi connectivity index (χ2n) is 8.74. The number of aromatic nitrogens is 1. The van der Waals surface area contributed by atoms with Gasteiger partial charge in [0.05, 0.1) is 16.8 Å². The summed E-state index contributed by atoms with van der Waals surface area (Å²) in [6.07, 6.45) is 1.52. The average Bonchev–Trinajstić information content (AvgIpc) is 3.15. The third kappa shape index (κ3) is 6.10. The summed E-state index contributed by atoms with van der Waals surface area (Å²) in [6.45, 7) is 5.30. The number of amides is 1. The normalized spacial score (nSPS) is 11.6. The lowest BCUT2D eigenvalue weighted by molar-refractivity contribution is -0.119. The van der Waals surface area contributed by atoms with Gasteiger partial charge in [0.15, 0.2) is 0 Å². The van der Waals surface area contributed by atoms with E-state index in [0.717, 1.165) is 32.5 Å². The summed E-state index contributed by atoms with van der Waals surface area (Å²) in [5.41, 5.74) is 7.17. The van der Waals surface area contributed by atoms with Gasteiger partial charge >= 0.3 is 0 Å². The first-order valence-electron chi connectivity index (χ1n) is 11.7. The van der Waals surface area contributed by atoms with Crippen molar-refractivity contribution < 1.29 is 13.2 Å². The molecule has 4 rings (SSSR count). The topological polar surface area (TPSA) is 83.8 Å². The van der Waals surface area contributed by atoms with Gasteiger partial charge in [-0.25, -0.2) is 13.8 Å². The van der Waals surface area contributed by atoms with Gasteiger partial charge in [0, 0.05) is 32.7 Å². The minimum absolute atomic E-state index is 0.0884. The summed E-state index contributed by atoms with van der Waals surface area (Å²) in [7, 11) is -3.99. The Morgan fingerprint density at radius 2 is 1.58 bits per heavy atom. The molecular weight excluding hydrogens is 543 g/mol. The molecule has 0 aliphatic carbocycles. The van der Waals surface area contributed by atoms with Crippen LogP contribution in [0.3, 0.4) is 0 Å². The number of carbonyl (C=O) groups excluding carboxylic acids is 1. The van der Waals surface area contributed by atoms with Crippen LogP contribution in [0.15, 0.2) is 88.9 Å². The fraction of sp³-hybridized carbons (Fsp3) is 0.143. The number of sulfonamides is 1. The average molecular weight is 570 g/mol. The summed E-state index contributed by atoms with van der Waals surface area (Å²) >= 11 is 12.4. The SMILES string of the molecule is Cc1ccc(N(CC(=O)N/N=C/c2cc(C)n(-c3cc(Cl)cc(Cl)c3)c2C)S(=O)(=O)c2ccccc2)cc1. The van der Waals surface area contributed by atoms with Gasteiger partial charge in [-0.3, -0.25) is 9.10 Å². The maximum absolute atomic E-state index is 13.4. The van der Waals surface area contributed by atoms with E-state index in [-0.39, 0.29) is 4.90 Å². The molecule has 0 fully saturated rings. The van der Waals surface area contributed by atoms with Crippen molar-refractivity contribution in [2.45, 2.75) is 25.7 Å². The Morgan fingerprint density at radius 3 is 2.21 bits per heavy atom. The Morgan fingerprint density at radius 1 is 0.947 bits per heavy atom. The molecule has 38 heavy (non-hydrogen) atoms. The van der Waals surface area contributed by atoms with Crippen LogP contribution in [0, 0.1) is 20.8 Å². The van der Waals surface area contributed by atoms with E-state index in [1.54, 1.807) is 48.5 Å². The standard InChI is InChI=1S/C28H26Cl2N4O3S/c1-19-9-11-25(12-10-19)33(38(36,37)27-7-5-4-6-8-27)18-28(35)32-31-17-22-13-20(2)34(21(22)3)26-15-23(29)14-24(30)16-26/h4-17H,18H2,1-3H3,(H,32,35)/b31-17+. The smallest absolute Gasteiger partial charge is 0.264 e. The number of aryl methyl sites for hydroxylation is 2. The third-order valence-corrected chi connectivity index (χ3v) is 8.13. The van der Waals surface area contributed by atoms with Crippen molar-refractivity contribution in [1.82, 2.24) is 9.99 Å². The van der Waals surface area contributed by atoms with Gasteiger partial charge in [-0.2, -0.15) is 5.10 Å². The van der Waals surface area contributed by atoms with Crippen LogP contribution in [-0.4, -0.2) is 31.7 Å². The Hall–Kier alpha value is -3.59. The number of hydrazone groups is 1. The van der Waals surface area contributed by atoms with Gasteiger partial charge in [-0.05, 0) is 69.3 Å². The van der Waals surface area contributed by atoms with Crippen LogP contribution < -0.4 is 9.73 Å². The van der Waals surface area contributed by atoms with E-state index < -0.39 is 22.5 Å². The second-order valence-corrected chi connectivity index (χ2v) is 11.5. The molecule has 10 heteroatoms. The van der Waals surface area contributed by atoms with Gasteiger partial charge < -0.3 is 4.57 Å². The molecule has 0 aliphatic heterocycles. The Bertz CT molecular complexity index is 1580. The number of rotatable bonds is 8. The van der Waals surface area contributed by atoms with E-state index in [2.05, 4.69) is 10.5 Å². The maximum Gasteiger partial charge on any atom is 0.264 e. The number of carbonyl (C=O) groups is 1. The second kappa shape index (κ2) is 11.4. The van der Waals surface area contributed by atoms with Crippen molar-refractivity contribution in [3.8, 4) is 5.69 Å². The van der Waals surface area contributed by atoms with E-state index in [1.807, 2.05) is 43.5 Å². The van der Waals surface area contributed by atoms with Crippen LogP contribution in [0.4, 0.5) is 5.69 Å². The van der Waals surface area contributed by atoms with Crippen molar-refractivity contribution in [2.75, 3.05) is 10.8 Å². The molecule has 1 heterocycles. The third-order valence-electron chi connectivity index (χ3n) is 5.91. The van der Waals surface area contributed by atoms with E-state index in [4.69, 9.17) is 23.2 Å². The van der Waals surface area contributed by atoms with Gasteiger partial charge in [0.1, 0.15) is 6.54 Å². The van der Waals surface area contributed by atoms with Crippen LogP contribution in [-0.2, 0) is 14.8 Å². The molecule has 196 valence electrons. The predicted octanol–water partition coefficient (Wildman–Crippen LogP) is 6.05. The van der Waals surface area contributed by atoms with Gasteiger partial charge in [0.25, 0.3) is 15.9 Å². The first-order valence-corrected chi connectivity index (χ1v) is 13.9. The molecule has 1 aromatic heterocycles. The van der Waals surface area contributed by atoms with Crippen molar-refractivity contribution in [2.24, 2.45) is 5.10 Å². The van der Waals surface area contributed by atoms with E-state index in [9.17, 15) is 13.2 Å². The zero-order valence-electron chi connectivity index (χ0n) is 21.0. The molecule has 0 aliphatic rings. The van der Waals surface area contributed by atoms with Crippen LogP contribution in [0.1, 0.15) is 22.5 Å². The number of hydrogen-bond donors (Lipinski definition) is 1. The highest BCUT2D eigenvalue weighted by molar-refractivity contribution is 7.92. The summed E-state index contributed by atoms with van der Waals surface area (Å²) < 4.78 is 29.9. The molecule has 7 nitrogen and oxygen atoms in total. The van der Waals surface area contributed by atoms with Crippen molar-refractivity contribution in [1.29, 1.82) is 0 Å². The number of nitrogens with zero attached hydrogens (tertiary/aromatic N) is 3. The lowest BCUT2D eigenvalue weighted by Crippen LogP contribution is -2.39. The van der Waals surface area contributed by atoms with Crippen LogP contribution in [0.5, 0.6) is 0 Å². The van der Waals surface area contributed by atoms with Crippen molar-refractivity contribution in [3.63, 3.8) is 0 Å². The number of nitrogens with one attached hydrogen (secondary N) is 1. The van der Waals surface area contributed by atoms with E-state index in [0.29, 0.717) is 15.7 Å². The quantitative estimate of drug-likeness (QED) is 0.207. The molecule has 3 aromatic carbocycles. The Kier molecular flexibility index (Phi) is 8.26. The summed E-state index contributed by atoms with van der Waals surface area (Å²) in [4.78, 5) is 12.9. The van der Waals surface area contributed by atoms with E-state index >= 15 is 0 Å². The molecule has 1 amide bonds. The molecule has 0 saturated carbocycles. The molecule has 0 spiro atoms. The largest absolute Gasteiger partial charge is 0.318 e. The summed E-state index contributed by atoms with van der Waals surface area (Å²) in [5, 5.41) is 5.13.